The summed E-state index contributed by atoms with van der Waals surface area (Å²) in [6.07, 6.45) is 3.45. The first-order valence-electron chi connectivity index (χ1n) is 10.1. The molecule has 2 heterocycles. The molecule has 4 aromatic rings. The summed E-state index contributed by atoms with van der Waals surface area (Å²) in [5.74, 6) is 1.42. The van der Waals surface area contributed by atoms with Crippen molar-refractivity contribution in [2.24, 2.45) is 0 Å². The summed E-state index contributed by atoms with van der Waals surface area (Å²) < 4.78 is 7.14. The number of thioether (sulfide) groups is 1. The zero-order valence-electron chi connectivity index (χ0n) is 17.8. The largest absolute Gasteiger partial charge is 0.497 e. The van der Waals surface area contributed by atoms with Crippen molar-refractivity contribution in [3.63, 3.8) is 0 Å². The number of ether oxygens (including phenoxy) is 1. The number of amides is 1. The molecule has 8 heteroatoms. The van der Waals surface area contributed by atoms with Gasteiger partial charge in [0.05, 0.1) is 12.4 Å². The van der Waals surface area contributed by atoms with Crippen molar-refractivity contribution in [3.8, 4) is 22.8 Å². The molecule has 2 aromatic carbocycles. The lowest BCUT2D eigenvalue weighted by Gasteiger charge is -2.14. The molecule has 1 amide bonds. The van der Waals surface area contributed by atoms with Crippen molar-refractivity contribution >= 4 is 17.7 Å². The molecule has 32 heavy (non-hydrogen) atoms. The fourth-order valence-corrected chi connectivity index (χ4v) is 4.02. The standard InChI is InChI=1S/C24H23N5O2S/c1-17(23(30)26-16-18-8-10-21(31-2)11-9-18)32-24-28-27-22(19-12-14-25-15-13-19)29(24)20-6-4-3-5-7-20/h3-15,17H,16H2,1-2H3,(H,26,30)/t17-/m1/s1. The Bertz CT molecular complexity index is 1160. The third-order valence-corrected chi connectivity index (χ3v) is 5.91. The SMILES string of the molecule is COc1ccc(CNC(=O)[C@@H](C)Sc2nnc(-c3ccncc3)n2-c2ccccc2)cc1. The number of carbonyl (C=O) groups excluding carboxylic acids is 1. The molecule has 0 bridgehead atoms. The Balaban J connectivity index is 1.51. The Kier molecular flexibility index (Phi) is 6.81. The highest BCUT2D eigenvalue weighted by Gasteiger charge is 2.21. The van der Waals surface area contributed by atoms with E-state index in [9.17, 15) is 4.79 Å². The quantitative estimate of drug-likeness (QED) is 0.411. The summed E-state index contributed by atoms with van der Waals surface area (Å²) in [4.78, 5) is 16.8. The van der Waals surface area contributed by atoms with Crippen LogP contribution in [0.5, 0.6) is 5.75 Å². The van der Waals surface area contributed by atoms with E-state index in [1.54, 1.807) is 19.5 Å². The van der Waals surface area contributed by atoms with E-state index in [-0.39, 0.29) is 11.2 Å². The van der Waals surface area contributed by atoms with Crippen LogP contribution in [-0.2, 0) is 11.3 Å². The summed E-state index contributed by atoms with van der Waals surface area (Å²) in [6.45, 7) is 2.31. The molecule has 1 N–H and O–H groups in total. The van der Waals surface area contributed by atoms with Crippen LogP contribution in [0.4, 0.5) is 0 Å². The van der Waals surface area contributed by atoms with E-state index in [1.165, 1.54) is 11.8 Å². The van der Waals surface area contributed by atoms with Crippen LogP contribution in [0.1, 0.15) is 12.5 Å². The van der Waals surface area contributed by atoms with Crippen molar-refractivity contribution in [1.29, 1.82) is 0 Å². The number of carbonyl (C=O) groups is 1. The first kappa shape index (κ1) is 21.6. The number of aromatic nitrogens is 4. The van der Waals surface area contributed by atoms with Gasteiger partial charge in [0.25, 0.3) is 0 Å². The van der Waals surface area contributed by atoms with Gasteiger partial charge in [0.2, 0.25) is 5.91 Å². The zero-order valence-corrected chi connectivity index (χ0v) is 18.6. The highest BCUT2D eigenvalue weighted by molar-refractivity contribution is 8.00. The van der Waals surface area contributed by atoms with Crippen molar-refractivity contribution in [2.45, 2.75) is 23.9 Å². The number of nitrogens with zero attached hydrogens (tertiary/aromatic N) is 4. The topological polar surface area (TPSA) is 81.9 Å². The van der Waals surface area contributed by atoms with Gasteiger partial charge in [-0.05, 0) is 48.9 Å². The van der Waals surface area contributed by atoms with Gasteiger partial charge in [-0.1, -0.05) is 42.1 Å². The molecule has 0 saturated heterocycles. The number of para-hydroxylation sites is 1. The minimum absolute atomic E-state index is 0.0705. The van der Waals surface area contributed by atoms with E-state index in [2.05, 4.69) is 20.5 Å². The van der Waals surface area contributed by atoms with Crippen LogP contribution in [-0.4, -0.2) is 38.0 Å². The Hall–Kier alpha value is -3.65. The lowest BCUT2D eigenvalue weighted by atomic mass is 10.2. The number of hydrogen-bond acceptors (Lipinski definition) is 6. The second-order valence-electron chi connectivity index (χ2n) is 7.04. The molecule has 4 rings (SSSR count). The Morgan fingerprint density at radius 2 is 1.75 bits per heavy atom. The van der Waals surface area contributed by atoms with Gasteiger partial charge in [-0.2, -0.15) is 0 Å². The average molecular weight is 446 g/mol. The van der Waals surface area contributed by atoms with Crippen LogP contribution in [0.15, 0.2) is 84.3 Å². The van der Waals surface area contributed by atoms with Gasteiger partial charge < -0.3 is 10.1 Å². The molecule has 0 unspecified atom stereocenters. The van der Waals surface area contributed by atoms with Crippen LogP contribution >= 0.6 is 11.8 Å². The molecule has 0 aliphatic heterocycles. The molecule has 1 atom stereocenters. The summed E-state index contributed by atoms with van der Waals surface area (Å²) >= 11 is 1.37. The van der Waals surface area contributed by atoms with Crippen molar-refractivity contribution < 1.29 is 9.53 Å². The third-order valence-electron chi connectivity index (χ3n) is 4.86. The van der Waals surface area contributed by atoms with E-state index in [4.69, 9.17) is 4.74 Å². The van der Waals surface area contributed by atoms with Crippen LogP contribution in [0, 0.1) is 0 Å². The fraction of sp³-hybridized carbons (Fsp3) is 0.167. The molecule has 7 nitrogen and oxygen atoms in total. The Labute approximate surface area is 190 Å². The molecule has 0 aliphatic rings. The monoisotopic (exact) mass is 445 g/mol. The molecule has 0 spiro atoms. The summed E-state index contributed by atoms with van der Waals surface area (Å²) in [5.41, 5.74) is 2.83. The molecule has 2 aromatic heterocycles. The lowest BCUT2D eigenvalue weighted by molar-refractivity contribution is -0.120. The minimum Gasteiger partial charge on any atom is -0.497 e. The van der Waals surface area contributed by atoms with Crippen LogP contribution in [0.2, 0.25) is 0 Å². The molecule has 0 aliphatic carbocycles. The third kappa shape index (κ3) is 4.97. The minimum atomic E-state index is -0.356. The van der Waals surface area contributed by atoms with Gasteiger partial charge in [0, 0.05) is 30.2 Å². The number of pyridine rings is 1. The average Bonchev–Trinajstić information content (AvgIpc) is 3.27. The summed E-state index contributed by atoms with van der Waals surface area (Å²) in [5, 5.41) is 12.1. The van der Waals surface area contributed by atoms with E-state index < -0.39 is 0 Å². The first-order valence-corrected chi connectivity index (χ1v) is 11.0. The van der Waals surface area contributed by atoms with Gasteiger partial charge >= 0.3 is 0 Å². The predicted molar refractivity (Wildman–Crippen MR) is 125 cm³/mol. The van der Waals surface area contributed by atoms with Crippen molar-refractivity contribution in [1.82, 2.24) is 25.1 Å². The number of nitrogens with one attached hydrogen (secondary N) is 1. The second kappa shape index (κ2) is 10.1. The van der Waals surface area contributed by atoms with Gasteiger partial charge in [-0.25, -0.2) is 0 Å². The number of rotatable bonds is 8. The molecular formula is C24H23N5O2S. The maximum atomic E-state index is 12.7. The fourth-order valence-electron chi connectivity index (χ4n) is 3.13. The maximum Gasteiger partial charge on any atom is 0.233 e. The lowest BCUT2D eigenvalue weighted by Crippen LogP contribution is -2.30. The second-order valence-corrected chi connectivity index (χ2v) is 8.35. The van der Waals surface area contributed by atoms with Crippen LogP contribution in [0.25, 0.3) is 17.1 Å². The summed E-state index contributed by atoms with van der Waals surface area (Å²) in [6, 6.07) is 21.3. The summed E-state index contributed by atoms with van der Waals surface area (Å²) in [7, 11) is 1.63. The number of methoxy groups -OCH3 is 1. The van der Waals surface area contributed by atoms with E-state index in [0.29, 0.717) is 17.5 Å². The van der Waals surface area contributed by atoms with Gasteiger partial charge in [-0.15, -0.1) is 10.2 Å². The van der Waals surface area contributed by atoms with Gasteiger partial charge in [0.15, 0.2) is 11.0 Å². The van der Waals surface area contributed by atoms with E-state index in [0.717, 1.165) is 22.6 Å². The maximum absolute atomic E-state index is 12.7. The van der Waals surface area contributed by atoms with Gasteiger partial charge in [0.1, 0.15) is 5.75 Å². The van der Waals surface area contributed by atoms with E-state index >= 15 is 0 Å². The molecular weight excluding hydrogens is 422 g/mol. The van der Waals surface area contributed by atoms with E-state index in [1.807, 2.05) is 78.2 Å². The molecule has 162 valence electrons. The highest BCUT2D eigenvalue weighted by Crippen LogP contribution is 2.30. The first-order chi connectivity index (χ1) is 15.7. The Morgan fingerprint density at radius 1 is 1.03 bits per heavy atom. The molecule has 0 radical (unpaired) electrons. The normalized spacial score (nSPS) is 11.7. The van der Waals surface area contributed by atoms with Gasteiger partial charge in [-0.3, -0.25) is 14.3 Å². The number of benzene rings is 2. The van der Waals surface area contributed by atoms with Crippen molar-refractivity contribution in [2.75, 3.05) is 7.11 Å². The predicted octanol–water partition coefficient (Wildman–Crippen LogP) is 4.13. The molecule has 0 fully saturated rings. The Morgan fingerprint density at radius 3 is 2.44 bits per heavy atom. The smallest absolute Gasteiger partial charge is 0.233 e. The number of hydrogen-bond donors (Lipinski definition) is 1. The van der Waals surface area contributed by atoms with Crippen molar-refractivity contribution in [3.05, 3.63) is 84.7 Å². The zero-order chi connectivity index (χ0) is 22.3. The highest BCUT2D eigenvalue weighted by atomic mass is 32.2. The molecule has 0 saturated carbocycles. The van der Waals surface area contributed by atoms with Crippen LogP contribution < -0.4 is 10.1 Å². The van der Waals surface area contributed by atoms with Crippen LogP contribution in [0.3, 0.4) is 0 Å².